The second-order valence-corrected chi connectivity index (χ2v) is 6.83. The van der Waals surface area contributed by atoms with Gasteiger partial charge in [0.15, 0.2) is 4.34 Å². The molecule has 1 aromatic heterocycles. The molecule has 0 saturated carbocycles. The van der Waals surface area contributed by atoms with Gasteiger partial charge >= 0.3 is 0 Å². The first-order valence-corrected chi connectivity index (χ1v) is 8.36. The van der Waals surface area contributed by atoms with E-state index in [2.05, 4.69) is 22.4 Å². The van der Waals surface area contributed by atoms with Gasteiger partial charge in [0.05, 0.1) is 6.42 Å². The van der Waals surface area contributed by atoms with Crippen LogP contribution in [0.4, 0.5) is 5.13 Å². The standard InChI is InChI=1S/C13H14ClN3OS2/c1-2-6-19-13-17-16-12(20-13)15-11(18)8-9-4-3-5-10(14)7-9/h3-5,7H,2,6,8H2,1H3,(H,15,16,18). The minimum atomic E-state index is -0.115. The van der Waals surface area contributed by atoms with Gasteiger partial charge in [-0.1, -0.05) is 53.8 Å². The minimum Gasteiger partial charge on any atom is -0.300 e. The highest BCUT2D eigenvalue weighted by Crippen LogP contribution is 2.25. The number of hydrogen-bond acceptors (Lipinski definition) is 5. The van der Waals surface area contributed by atoms with Crippen molar-refractivity contribution in [3.63, 3.8) is 0 Å². The average Bonchev–Trinajstić information content (AvgIpc) is 2.83. The van der Waals surface area contributed by atoms with Crippen molar-refractivity contribution >= 4 is 45.7 Å². The first kappa shape index (κ1) is 15.3. The fraction of sp³-hybridized carbons (Fsp3) is 0.308. The number of halogens is 1. The highest BCUT2D eigenvalue weighted by Gasteiger charge is 2.09. The molecular formula is C13H14ClN3OS2. The number of carbonyl (C=O) groups excluding carboxylic acids is 1. The van der Waals surface area contributed by atoms with E-state index in [-0.39, 0.29) is 12.3 Å². The van der Waals surface area contributed by atoms with Gasteiger partial charge in [0.25, 0.3) is 0 Å². The number of anilines is 1. The number of thioether (sulfide) groups is 1. The van der Waals surface area contributed by atoms with Crippen LogP contribution in [0, 0.1) is 0 Å². The van der Waals surface area contributed by atoms with E-state index in [0.717, 1.165) is 22.1 Å². The van der Waals surface area contributed by atoms with Gasteiger partial charge in [-0.15, -0.1) is 10.2 Å². The minimum absolute atomic E-state index is 0.115. The Morgan fingerprint density at radius 2 is 2.30 bits per heavy atom. The Labute approximate surface area is 130 Å². The summed E-state index contributed by atoms with van der Waals surface area (Å²) in [6, 6.07) is 7.26. The van der Waals surface area contributed by atoms with Crippen LogP contribution in [0.25, 0.3) is 0 Å². The largest absolute Gasteiger partial charge is 0.300 e. The molecule has 2 rings (SSSR count). The van der Waals surface area contributed by atoms with E-state index in [1.807, 2.05) is 12.1 Å². The van der Waals surface area contributed by atoms with Gasteiger partial charge in [-0.2, -0.15) is 0 Å². The Kier molecular flexibility index (Phi) is 5.82. The molecule has 1 aromatic carbocycles. The summed E-state index contributed by atoms with van der Waals surface area (Å²) in [5, 5.41) is 11.9. The molecule has 1 N–H and O–H groups in total. The van der Waals surface area contributed by atoms with Gasteiger partial charge in [0.1, 0.15) is 0 Å². The maximum absolute atomic E-state index is 11.9. The molecule has 2 aromatic rings. The van der Waals surface area contributed by atoms with Crippen molar-refractivity contribution in [2.24, 2.45) is 0 Å². The van der Waals surface area contributed by atoms with Crippen LogP contribution in [0.5, 0.6) is 0 Å². The van der Waals surface area contributed by atoms with Crippen LogP contribution in [0.15, 0.2) is 28.6 Å². The predicted octanol–water partition coefficient (Wildman–Crippen LogP) is 3.87. The number of nitrogens with one attached hydrogen (secondary N) is 1. The van der Waals surface area contributed by atoms with Crippen LogP contribution in [0.2, 0.25) is 5.02 Å². The van der Waals surface area contributed by atoms with Gasteiger partial charge in [-0.3, -0.25) is 4.79 Å². The summed E-state index contributed by atoms with van der Waals surface area (Å²) >= 11 is 8.93. The van der Waals surface area contributed by atoms with Crippen LogP contribution in [0.1, 0.15) is 18.9 Å². The molecule has 0 spiro atoms. The summed E-state index contributed by atoms with van der Waals surface area (Å²) in [6.07, 6.45) is 1.36. The van der Waals surface area contributed by atoms with Gasteiger partial charge in [-0.05, 0) is 24.1 Å². The molecule has 1 amide bonds. The number of carbonyl (C=O) groups is 1. The summed E-state index contributed by atoms with van der Waals surface area (Å²) < 4.78 is 0.880. The third kappa shape index (κ3) is 4.77. The smallest absolute Gasteiger partial charge is 0.230 e. The zero-order valence-corrected chi connectivity index (χ0v) is 13.3. The summed E-state index contributed by atoms with van der Waals surface area (Å²) in [5.74, 6) is 0.890. The SMILES string of the molecule is CCCSc1nnc(NC(=O)Cc2cccc(Cl)c2)s1. The van der Waals surface area contributed by atoms with Crippen molar-refractivity contribution in [2.75, 3.05) is 11.1 Å². The van der Waals surface area contributed by atoms with E-state index in [4.69, 9.17) is 11.6 Å². The second-order valence-electron chi connectivity index (χ2n) is 4.08. The summed E-state index contributed by atoms with van der Waals surface area (Å²) in [6.45, 7) is 2.11. The second kappa shape index (κ2) is 7.61. The lowest BCUT2D eigenvalue weighted by atomic mass is 10.1. The maximum Gasteiger partial charge on any atom is 0.230 e. The summed E-state index contributed by atoms with van der Waals surface area (Å²) in [5.41, 5.74) is 0.875. The van der Waals surface area contributed by atoms with Gasteiger partial charge in [0.2, 0.25) is 11.0 Å². The number of hydrogen-bond donors (Lipinski definition) is 1. The van der Waals surface area contributed by atoms with E-state index in [1.54, 1.807) is 23.9 Å². The molecule has 106 valence electrons. The topological polar surface area (TPSA) is 54.9 Å². The number of aromatic nitrogens is 2. The van der Waals surface area contributed by atoms with Crippen molar-refractivity contribution < 1.29 is 4.79 Å². The van der Waals surface area contributed by atoms with E-state index >= 15 is 0 Å². The number of nitrogens with zero attached hydrogens (tertiary/aromatic N) is 2. The van der Waals surface area contributed by atoms with Crippen molar-refractivity contribution in [3.05, 3.63) is 34.9 Å². The molecule has 0 aliphatic rings. The van der Waals surface area contributed by atoms with Gasteiger partial charge < -0.3 is 5.32 Å². The van der Waals surface area contributed by atoms with Crippen LogP contribution in [0.3, 0.4) is 0 Å². The van der Waals surface area contributed by atoms with Crippen LogP contribution in [-0.4, -0.2) is 21.9 Å². The zero-order valence-electron chi connectivity index (χ0n) is 10.9. The molecule has 0 radical (unpaired) electrons. The Balaban J connectivity index is 1.89. The molecule has 20 heavy (non-hydrogen) atoms. The lowest BCUT2D eigenvalue weighted by Crippen LogP contribution is -2.14. The molecule has 0 fully saturated rings. The van der Waals surface area contributed by atoms with Gasteiger partial charge in [-0.25, -0.2) is 0 Å². The van der Waals surface area contributed by atoms with Crippen molar-refractivity contribution in [2.45, 2.75) is 24.1 Å². The molecule has 4 nitrogen and oxygen atoms in total. The van der Waals surface area contributed by atoms with Crippen molar-refractivity contribution in [1.29, 1.82) is 0 Å². The molecule has 0 bridgehead atoms. The highest BCUT2D eigenvalue weighted by atomic mass is 35.5. The van der Waals surface area contributed by atoms with E-state index in [0.29, 0.717) is 10.2 Å². The van der Waals surface area contributed by atoms with Gasteiger partial charge in [0, 0.05) is 10.8 Å². The van der Waals surface area contributed by atoms with E-state index < -0.39 is 0 Å². The molecule has 0 aliphatic heterocycles. The molecule has 1 heterocycles. The average molecular weight is 328 g/mol. The number of rotatable bonds is 6. The molecule has 0 aliphatic carbocycles. The van der Waals surface area contributed by atoms with Crippen molar-refractivity contribution in [3.8, 4) is 0 Å². The molecule has 0 saturated heterocycles. The van der Waals surface area contributed by atoms with Crippen LogP contribution >= 0.6 is 34.7 Å². The zero-order chi connectivity index (χ0) is 14.4. The number of benzene rings is 1. The third-order valence-electron chi connectivity index (χ3n) is 2.34. The quantitative estimate of drug-likeness (QED) is 0.646. The first-order chi connectivity index (χ1) is 9.67. The number of amides is 1. The van der Waals surface area contributed by atoms with E-state index in [9.17, 15) is 4.79 Å². The molecular weight excluding hydrogens is 314 g/mol. The fourth-order valence-electron chi connectivity index (χ4n) is 1.50. The Hall–Kier alpha value is -1.11. The first-order valence-electron chi connectivity index (χ1n) is 6.18. The molecule has 0 unspecified atom stereocenters. The van der Waals surface area contributed by atoms with Crippen molar-refractivity contribution in [1.82, 2.24) is 10.2 Å². The third-order valence-corrected chi connectivity index (χ3v) is 4.75. The Morgan fingerprint density at radius 1 is 1.45 bits per heavy atom. The van der Waals surface area contributed by atoms with E-state index in [1.165, 1.54) is 11.3 Å². The van der Waals surface area contributed by atoms with Crippen LogP contribution < -0.4 is 5.32 Å². The molecule has 0 atom stereocenters. The normalized spacial score (nSPS) is 10.5. The predicted molar refractivity (Wildman–Crippen MR) is 84.7 cm³/mol. The fourth-order valence-corrected chi connectivity index (χ4v) is 3.41. The summed E-state index contributed by atoms with van der Waals surface area (Å²) in [4.78, 5) is 11.9. The maximum atomic E-state index is 11.9. The Bertz CT molecular complexity index is 589. The summed E-state index contributed by atoms with van der Waals surface area (Å²) in [7, 11) is 0. The lowest BCUT2D eigenvalue weighted by Gasteiger charge is -2.01. The Morgan fingerprint density at radius 3 is 3.05 bits per heavy atom. The lowest BCUT2D eigenvalue weighted by molar-refractivity contribution is -0.115. The monoisotopic (exact) mass is 327 g/mol. The highest BCUT2D eigenvalue weighted by molar-refractivity contribution is 8.01. The molecule has 7 heteroatoms. The van der Waals surface area contributed by atoms with Crippen LogP contribution in [-0.2, 0) is 11.2 Å².